The molecule has 1 saturated carbocycles. The van der Waals surface area contributed by atoms with Gasteiger partial charge in [0.05, 0.1) is 5.75 Å². The van der Waals surface area contributed by atoms with Crippen LogP contribution in [-0.2, 0) is 4.79 Å². The average Bonchev–Trinajstić information content (AvgIpc) is 3.32. The van der Waals surface area contributed by atoms with Gasteiger partial charge in [-0.15, -0.1) is 10.2 Å². The van der Waals surface area contributed by atoms with Gasteiger partial charge in [0, 0.05) is 23.7 Å². The molecular weight excluding hydrogens is 332 g/mol. The van der Waals surface area contributed by atoms with E-state index in [1.54, 1.807) is 0 Å². The minimum absolute atomic E-state index is 0.144. The lowest BCUT2D eigenvalue weighted by atomic mass is 10.2. The molecule has 1 amide bonds. The van der Waals surface area contributed by atoms with E-state index in [1.165, 1.54) is 24.6 Å². The first-order valence-electron chi connectivity index (χ1n) is 8.93. The number of hydrogen-bond donors (Lipinski definition) is 0. The number of carbonyl (C=O) groups is 1. The van der Waals surface area contributed by atoms with E-state index in [0.717, 1.165) is 16.7 Å². The molecule has 0 atom stereocenters. The summed E-state index contributed by atoms with van der Waals surface area (Å²) in [5.41, 5.74) is 1.06. The predicted octanol–water partition coefficient (Wildman–Crippen LogP) is 3.88. The molecule has 0 N–H and O–H groups in total. The summed E-state index contributed by atoms with van der Waals surface area (Å²) in [6, 6.07) is 10.6. The fraction of sp³-hybridized carbons (Fsp3) is 0.526. The lowest BCUT2D eigenvalue weighted by Gasteiger charge is -2.30. The van der Waals surface area contributed by atoms with Crippen LogP contribution in [0.15, 0.2) is 35.5 Å². The zero-order valence-corrected chi connectivity index (χ0v) is 16.2. The number of aromatic nitrogens is 3. The van der Waals surface area contributed by atoms with Crippen molar-refractivity contribution >= 4 is 17.7 Å². The van der Waals surface area contributed by atoms with Gasteiger partial charge in [-0.25, -0.2) is 0 Å². The smallest absolute Gasteiger partial charge is 0.233 e. The van der Waals surface area contributed by atoms with Gasteiger partial charge in [0.2, 0.25) is 5.91 Å². The fourth-order valence-corrected chi connectivity index (χ4v) is 4.00. The van der Waals surface area contributed by atoms with E-state index in [-0.39, 0.29) is 18.0 Å². The van der Waals surface area contributed by atoms with Gasteiger partial charge in [-0.1, -0.05) is 30.0 Å². The maximum atomic E-state index is 12.6. The lowest BCUT2D eigenvalue weighted by Crippen LogP contribution is -2.43. The molecule has 25 heavy (non-hydrogen) atoms. The van der Waals surface area contributed by atoms with E-state index in [0.29, 0.717) is 11.7 Å². The summed E-state index contributed by atoms with van der Waals surface area (Å²) < 4.78 is 2.12. The topological polar surface area (TPSA) is 51.0 Å². The van der Waals surface area contributed by atoms with Crippen molar-refractivity contribution in [1.82, 2.24) is 19.7 Å². The van der Waals surface area contributed by atoms with Gasteiger partial charge in [0.1, 0.15) is 5.82 Å². The quantitative estimate of drug-likeness (QED) is 0.705. The number of nitrogens with zero attached hydrogens (tertiary/aromatic N) is 4. The summed E-state index contributed by atoms with van der Waals surface area (Å²) >= 11 is 1.48. The van der Waals surface area contributed by atoms with Crippen molar-refractivity contribution in [3.63, 3.8) is 0 Å². The Kier molecular flexibility index (Phi) is 5.47. The Hall–Kier alpha value is -1.82. The van der Waals surface area contributed by atoms with Crippen LogP contribution in [0.1, 0.15) is 52.3 Å². The zero-order chi connectivity index (χ0) is 18.0. The fourth-order valence-electron chi connectivity index (χ4n) is 3.17. The minimum atomic E-state index is 0.144. The number of carbonyl (C=O) groups excluding carboxylic acids is 1. The first kappa shape index (κ1) is 18.0. The molecule has 1 aliphatic carbocycles. The Balaban J connectivity index is 1.80. The molecule has 1 fully saturated rings. The highest BCUT2D eigenvalue weighted by molar-refractivity contribution is 7.99. The van der Waals surface area contributed by atoms with Crippen LogP contribution in [0.5, 0.6) is 0 Å². The largest absolute Gasteiger partial charge is 0.337 e. The third-order valence-electron chi connectivity index (χ3n) is 4.34. The van der Waals surface area contributed by atoms with Crippen LogP contribution in [0, 0.1) is 0 Å². The maximum absolute atomic E-state index is 12.6. The van der Waals surface area contributed by atoms with Crippen molar-refractivity contribution in [2.75, 3.05) is 5.75 Å². The molecule has 134 valence electrons. The zero-order valence-electron chi connectivity index (χ0n) is 15.3. The summed E-state index contributed by atoms with van der Waals surface area (Å²) in [6.45, 7) is 8.22. The third-order valence-corrected chi connectivity index (χ3v) is 5.25. The summed E-state index contributed by atoms with van der Waals surface area (Å²) in [5.74, 6) is 2.04. The molecule has 2 aromatic rings. The molecular formula is C19H26N4OS. The molecule has 5 nitrogen and oxygen atoms in total. The molecule has 0 aliphatic heterocycles. The summed E-state index contributed by atoms with van der Waals surface area (Å²) in [5, 5.41) is 9.59. The van der Waals surface area contributed by atoms with Crippen LogP contribution in [0.4, 0.5) is 0 Å². The molecule has 0 radical (unpaired) electrons. The molecule has 3 rings (SSSR count). The Morgan fingerprint density at radius 2 is 1.80 bits per heavy atom. The van der Waals surface area contributed by atoms with E-state index in [9.17, 15) is 4.79 Å². The van der Waals surface area contributed by atoms with Crippen molar-refractivity contribution in [2.24, 2.45) is 0 Å². The van der Waals surface area contributed by atoms with Crippen LogP contribution in [0.2, 0.25) is 0 Å². The van der Waals surface area contributed by atoms with E-state index in [4.69, 9.17) is 0 Å². The number of para-hydroxylation sites is 1. The van der Waals surface area contributed by atoms with Crippen LogP contribution in [0.3, 0.4) is 0 Å². The third kappa shape index (κ3) is 4.06. The van der Waals surface area contributed by atoms with Gasteiger partial charge < -0.3 is 4.90 Å². The standard InChI is InChI=1S/C19H26N4OS/c1-13(2)22(14(3)4)17(24)12-25-19-21-20-18(15-10-11-15)23(19)16-8-6-5-7-9-16/h5-9,13-15H,10-12H2,1-4H3. The molecule has 1 aromatic carbocycles. The van der Waals surface area contributed by atoms with Gasteiger partial charge in [-0.2, -0.15) is 0 Å². The molecule has 0 bridgehead atoms. The number of benzene rings is 1. The van der Waals surface area contributed by atoms with Crippen LogP contribution in [-0.4, -0.2) is 43.4 Å². The number of amides is 1. The van der Waals surface area contributed by atoms with E-state index < -0.39 is 0 Å². The molecule has 0 spiro atoms. The van der Waals surface area contributed by atoms with Crippen molar-refractivity contribution in [2.45, 2.75) is 63.7 Å². The summed E-state index contributed by atoms with van der Waals surface area (Å²) in [7, 11) is 0. The SMILES string of the molecule is CC(C)N(C(=O)CSc1nnc(C2CC2)n1-c1ccccc1)C(C)C. The van der Waals surface area contributed by atoms with Gasteiger partial charge in [-0.05, 0) is 52.7 Å². The Labute approximate surface area is 153 Å². The predicted molar refractivity (Wildman–Crippen MR) is 101 cm³/mol. The van der Waals surface area contributed by atoms with Gasteiger partial charge in [0.15, 0.2) is 5.16 Å². The van der Waals surface area contributed by atoms with Crippen molar-refractivity contribution in [3.05, 3.63) is 36.2 Å². The van der Waals surface area contributed by atoms with E-state index >= 15 is 0 Å². The van der Waals surface area contributed by atoms with Crippen molar-refractivity contribution in [3.8, 4) is 5.69 Å². The summed E-state index contributed by atoms with van der Waals surface area (Å²) in [4.78, 5) is 14.6. The second-order valence-electron chi connectivity index (χ2n) is 7.06. The second-order valence-corrected chi connectivity index (χ2v) is 8.01. The Morgan fingerprint density at radius 3 is 2.36 bits per heavy atom. The highest BCUT2D eigenvalue weighted by Gasteiger charge is 2.31. The van der Waals surface area contributed by atoms with E-state index in [1.807, 2.05) is 23.1 Å². The van der Waals surface area contributed by atoms with E-state index in [2.05, 4.69) is 54.6 Å². The number of thioether (sulfide) groups is 1. The summed E-state index contributed by atoms with van der Waals surface area (Å²) in [6.07, 6.45) is 2.34. The van der Waals surface area contributed by atoms with Crippen LogP contribution < -0.4 is 0 Å². The Bertz CT molecular complexity index is 714. The van der Waals surface area contributed by atoms with Crippen molar-refractivity contribution < 1.29 is 4.79 Å². The molecule has 1 aliphatic rings. The monoisotopic (exact) mass is 358 g/mol. The second kappa shape index (κ2) is 7.60. The Morgan fingerprint density at radius 1 is 1.16 bits per heavy atom. The number of hydrogen-bond acceptors (Lipinski definition) is 4. The molecule has 0 saturated heterocycles. The lowest BCUT2D eigenvalue weighted by molar-refractivity contribution is -0.131. The highest BCUT2D eigenvalue weighted by Crippen LogP contribution is 2.41. The van der Waals surface area contributed by atoms with Gasteiger partial charge in [0.25, 0.3) is 0 Å². The average molecular weight is 359 g/mol. The number of rotatable bonds is 7. The minimum Gasteiger partial charge on any atom is -0.337 e. The molecule has 1 heterocycles. The van der Waals surface area contributed by atoms with Gasteiger partial charge in [-0.3, -0.25) is 9.36 Å². The van der Waals surface area contributed by atoms with Gasteiger partial charge >= 0.3 is 0 Å². The first-order valence-corrected chi connectivity index (χ1v) is 9.92. The first-order chi connectivity index (χ1) is 12.0. The molecule has 1 aromatic heterocycles. The van der Waals surface area contributed by atoms with Crippen LogP contribution in [0.25, 0.3) is 5.69 Å². The van der Waals surface area contributed by atoms with Crippen molar-refractivity contribution in [1.29, 1.82) is 0 Å². The molecule has 6 heteroatoms. The highest BCUT2D eigenvalue weighted by atomic mass is 32.2. The maximum Gasteiger partial charge on any atom is 0.233 e. The molecule has 0 unspecified atom stereocenters. The van der Waals surface area contributed by atoms with Crippen LogP contribution >= 0.6 is 11.8 Å². The normalized spacial score (nSPS) is 14.3.